The van der Waals surface area contributed by atoms with Crippen LogP contribution in [-0.2, 0) is 9.59 Å². The fourth-order valence-corrected chi connectivity index (χ4v) is 2.23. The fraction of sp³-hybridized carbons (Fsp3) is 0.818. The van der Waals surface area contributed by atoms with Crippen LogP contribution in [0, 0.1) is 11.8 Å². The molecule has 1 saturated heterocycles. The Bertz CT molecular complexity index is 321. The van der Waals surface area contributed by atoms with Gasteiger partial charge in [0.1, 0.15) is 0 Å². The predicted molar refractivity (Wildman–Crippen MR) is 58.6 cm³/mol. The molecule has 0 aromatic heterocycles. The lowest BCUT2D eigenvalue weighted by Gasteiger charge is -2.35. The topological polar surface area (TPSA) is 49.4 Å². The van der Waals surface area contributed by atoms with Gasteiger partial charge in [0.15, 0.2) is 0 Å². The van der Waals surface area contributed by atoms with Crippen LogP contribution < -0.4 is 5.32 Å². The van der Waals surface area contributed by atoms with E-state index in [1.165, 1.54) is 4.90 Å². The molecular weight excluding hydrogens is 249 g/mol. The molecular formula is C11H17F3N2O2. The van der Waals surface area contributed by atoms with E-state index in [-0.39, 0.29) is 0 Å². The number of hydrogen-bond acceptors (Lipinski definition) is 2. The summed E-state index contributed by atoms with van der Waals surface area (Å²) in [6, 6.07) is 0. The van der Waals surface area contributed by atoms with Gasteiger partial charge in [-0.15, -0.1) is 0 Å². The second-order valence-corrected chi connectivity index (χ2v) is 4.93. The van der Waals surface area contributed by atoms with E-state index in [9.17, 15) is 22.8 Å². The Morgan fingerprint density at radius 3 is 2.17 bits per heavy atom. The molecule has 1 rings (SSSR count). The van der Waals surface area contributed by atoms with Gasteiger partial charge in [-0.3, -0.25) is 9.59 Å². The van der Waals surface area contributed by atoms with Gasteiger partial charge in [-0.25, -0.2) is 0 Å². The zero-order valence-electron chi connectivity index (χ0n) is 10.4. The number of amides is 2. The molecule has 0 saturated carbocycles. The van der Waals surface area contributed by atoms with E-state index in [0.717, 1.165) is 6.42 Å². The van der Waals surface area contributed by atoms with Crippen LogP contribution in [0.25, 0.3) is 0 Å². The number of likely N-dealkylation sites (tertiary alicyclic amines) is 1. The number of carbonyl (C=O) groups is 2. The molecule has 0 aliphatic carbocycles. The summed E-state index contributed by atoms with van der Waals surface area (Å²) in [5.74, 6) is -1.88. The van der Waals surface area contributed by atoms with E-state index in [2.05, 4.69) is 0 Å². The van der Waals surface area contributed by atoms with Crippen LogP contribution >= 0.6 is 0 Å². The first-order valence-electron chi connectivity index (χ1n) is 5.83. The van der Waals surface area contributed by atoms with Crippen molar-refractivity contribution >= 4 is 11.8 Å². The van der Waals surface area contributed by atoms with Gasteiger partial charge in [0, 0.05) is 13.1 Å². The van der Waals surface area contributed by atoms with Gasteiger partial charge in [0.25, 0.3) is 0 Å². The molecule has 4 nitrogen and oxygen atoms in total. The third-order valence-corrected chi connectivity index (χ3v) is 2.88. The van der Waals surface area contributed by atoms with Crippen LogP contribution in [0.2, 0.25) is 0 Å². The zero-order chi connectivity index (χ0) is 13.9. The smallest absolute Gasteiger partial charge is 0.341 e. The Morgan fingerprint density at radius 2 is 1.72 bits per heavy atom. The van der Waals surface area contributed by atoms with Crippen molar-refractivity contribution in [3.05, 3.63) is 0 Å². The maximum absolute atomic E-state index is 11.9. The summed E-state index contributed by atoms with van der Waals surface area (Å²) in [5.41, 5.74) is 0. The molecule has 0 aromatic rings. The molecule has 7 heteroatoms. The molecule has 1 aliphatic rings. The molecule has 1 N–H and O–H groups in total. The van der Waals surface area contributed by atoms with E-state index < -0.39 is 24.5 Å². The van der Waals surface area contributed by atoms with Crippen LogP contribution in [-0.4, -0.2) is 42.5 Å². The van der Waals surface area contributed by atoms with E-state index in [1.54, 1.807) is 5.32 Å². The highest BCUT2D eigenvalue weighted by Crippen LogP contribution is 2.20. The quantitative estimate of drug-likeness (QED) is 0.815. The summed E-state index contributed by atoms with van der Waals surface area (Å²) in [7, 11) is 0. The van der Waals surface area contributed by atoms with Crippen molar-refractivity contribution in [3.63, 3.8) is 0 Å². The van der Waals surface area contributed by atoms with Crippen LogP contribution in [0.15, 0.2) is 0 Å². The summed E-state index contributed by atoms with van der Waals surface area (Å²) in [6.07, 6.45) is -3.94. The summed E-state index contributed by atoms with van der Waals surface area (Å²) >= 11 is 0. The van der Waals surface area contributed by atoms with Crippen LogP contribution in [0.3, 0.4) is 0 Å². The van der Waals surface area contributed by atoms with Gasteiger partial charge in [0.2, 0.25) is 5.91 Å². The van der Waals surface area contributed by atoms with Crippen molar-refractivity contribution in [2.45, 2.75) is 26.4 Å². The van der Waals surface area contributed by atoms with Gasteiger partial charge < -0.3 is 10.2 Å². The number of rotatable bonds is 2. The number of carbonyl (C=O) groups excluding carboxylic acids is 2. The molecule has 2 amide bonds. The third-order valence-electron chi connectivity index (χ3n) is 2.88. The molecule has 1 fully saturated rings. The standard InChI is InChI=1S/C11H17F3N2O2/c1-7-3-8(2)6-16(5-7)9(17)4-15-10(18)11(12,13)14/h7-8H,3-6H2,1-2H3,(H,15,18). The Kier molecular flexibility index (Phi) is 4.59. The predicted octanol–water partition coefficient (Wildman–Crippen LogP) is 1.17. The van der Waals surface area contributed by atoms with E-state index in [4.69, 9.17) is 0 Å². The number of alkyl halides is 3. The minimum absolute atomic E-state index is 0.330. The summed E-state index contributed by atoms with van der Waals surface area (Å²) in [4.78, 5) is 23.7. The fourth-order valence-electron chi connectivity index (χ4n) is 2.23. The van der Waals surface area contributed by atoms with E-state index >= 15 is 0 Å². The molecule has 2 atom stereocenters. The molecule has 1 aliphatic heterocycles. The van der Waals surface area contributed by atoms with Gasteiger partial charge in [-0.2, -0.15) is 13.2 Å². The monoisotopic (exact) mass is 266 g/mol. The van der Waals surface area contributed by atoms with E-state index in [0.29, 0.717) is 24.9 Å². The number of nitrogens with zero attached hydrogens (tertiary/aromatic N) is 1. The number of nitrogens with one attached hydrogen (secondary N) is 1. The molecule has 0 spiro atoms. The van der Waals surface area contributed by atoms with Gasteiger partial charge in [0.05, 0.1) is 6.54 Å². The lowest BCUT2D eigenvalue weighted by Crippen LogP contribution is -2.48. The summed E-state index contributed by atoms with van der Waals surface area (Å²) in [6.45, 7) is 4.45. The maximum Gasteiger partial charge on any atom is 0.471 e. The number of piperidine rings is 1. The Morgan fingerprint density at radius 1 is 1.22 bits per heavy atom. The zero-order valence-corrected chi connectivity index (χ0v) is 10.4. The van der Waals surface area contributed by atoms with Crippen molar-refractivity contribution in [3.8, 4) is 0 Å². The average molecular weight is 266 g/mol. The lowest BCUT2D eigenvalue weighted by molar-refractivity contribution is -0.174. The summed E-state index contributed by atoms with van der Waals surface area (Å²) in [5, 5.41) is 1.59. The second kappa shape index (κ2) is 5.58. The molecule has 18 heavy (non-hydrogen) atoms. The van der Waals surface area contributed by atoms with Crippen molar-refractivity contribution in [1.29, 1.82) is 0 Å². The SMILES string of the molecule is CC1CC(C)CN(C(=O)CNC(=O)C(F)(F)F)C1. The minimum atomic E-state index is -4.94. The molecule has 0 aromatic carbocycles. The Balaban J connectivity index is 2.44. The first kappa shape index (κ1) is 14.8. The highest BCUT2D eigenvalue weighted by molar-refractivity contribution is 5.87. The second-order valence-electron chi connectivity index (χ2n) is 4.93. The molecule has 2 unspecified atom stereocenters. The average Bonchev–Trinajstić information content (AvgIpc) is 2.22. The molecule has 104 valence electrons. The van der Waals surface area contributed by atoms with Gasteiger partial charge in [-0.1, -0.05) is 13.8 Å². The Hall–Kier alpha value is -1.27. The minimum Gasteiger partial charge on any atom is -0.341 e. The highest BCUT2D eigenvalue weighted by atomic mass is 19.4. The third kappa shape index (κ3) is 4.19. The molecule has 0 radical (unpaired) electrons. The number of halogens is 3. The van der Waals surface area contributed by atoms with Gasteiger partial charge in [-0.05, 0) is 18.3 Å². The lowest BCUT2D eigenvalue weighted by atomic mass is 9.92. The molecule has 1 heterocycles. The number of hydrogen-bond donors (Lipinski definition) is 1. The van der Waals surface area contributed by atoms with E-state index in [1.807, 2.05) is 13.8 Å². The summed E-state index contributed by atoms with van der Waals surface area (Å²) < 4.78 is 35.8. The van der Waals surface area contributed by atoms with Crippen LogP contribution in [0.4, 0.5) is 13.2 Å². The normalized spacial score (nSPS) is 24.8. The highest BCUT2D eigenvalue weighted by Gasteiger charge is 2.39. The first-order chi connectivity index (χ1) is 8.20. The first-order valence-corrected chi connectivity index (χ1v) is 5.83. The maximum atomic E-state index is 11.9. The van der Waals surface area contributed by atoms with Crippen LogP contribution in [0.5, 0.6) is 0 Å². The van der Waals surface area contributed by atoms with Gasteiger partial charge >= 0.3 is 12.1 Å². The molecule has 0 bridgehead atoms. The van der Waals surface area contributed by atoms with Crippen molar-refractivity contribution in [1.82, 2.24) is 10.2 Å². The van der Waals surface area contributed by atoms with Crippen molar-refractivity contribution in [2.24, 2.45) is 11.8 Å². The van der Waals surface area contributed by atoms with Crippen molar-refractivity contribution in [2.75, 3.05) is 19.6 Å². The largest absolute Gasteiger partial charge is 0.471 e. The van der Waals surface area contributed by atoms with Crippen molar-refractivity contribution < 1.29 is 22.8 Å². The Labute approximate surface area is 104 Å². The van der Waals surface area contributed by atoms with Crippen LogP contribution in [0.1, 0.15) is 20.3 Å².